The summed E-state index contributed by atoms with van der Waals surface area (Å²) in [5.74, 6) is 1.71. The largest absolute Gasteiger partial charge is 0.455 e. The lowest BCUT2D eigenvalue weighted by Gasteiger charge is -2.08. The minimum atomic E-state index is -0.432. The second-order valence-electron chi connectivity index (χ2n) is 8.06. The van der Waals surface area contributed by atoms with Crippen molar-refractivity contribution in [3.05, 3.63) is 96.3 Å². The van der Waals surface area contributed by atoms with Crippen molar-refractivity contribution in [2.45, 2.75) is 6.42 Å². The number of ether oxygens (including phenoxy) is 1. The third kappa shape index (κ3) is 3.97. The molecule has 0 radical (unpaired) electrons. The fourth-order valence-electron chi connectivity index (χ4n) is 3.96. The maximum absolute atomic E-state index is 14.3. The second kappa shape index (κ2) is 8.10. The fourth-order valence-corrected chi connectivity index (χ4v) is 3.96. The van der Waals surface area contributed by atoms with Gasteiger partial charge in [0.1, 0.15) is 34.6 Å². The molecule has 0 aliphatic carbocycles. The average Bonchev–Trinajstić information content (AvgIpc) is 3.58. The first kappa shape index (κ1) is 20.6. The Kier molecular flexibility index (Phi) is 4.77. The van der Waals surface area contributed by atoms with Crippen molar-refractivity contribution in [1.29, 1.82) is 5.41 Å². The van der Waals surface area contributed by atoms with Gasteiger partial charge in [0.15, 0.2) is 5.75 Å². The highest BCUT2D eigenvalue weighted by molar-refractivity contribution is 5.97. The molecule has 0 spiro atoms. The molecule has 9 nitrogen and oxygen atoms in total. The monoisotopic (exact) mass is 466 g/mol. The molecule has 3 heterocycles. The van der Waals surface area contributed by atoms with E-state index in [2.05, 4.69) is 24.9 Å². The summed E-state index contributed by atoms with van der Waals surface area (Å²) in [7, 11) is 0. The molecule has 0 atom stereocenters. The molecule has 0 fully saturated rings. The van der Waals surface area contributed by atoms with Gasteiger partial charge in [0.25, 0.3) is 0 Å². The number of nitrogens with two attached hydrogens (primary N) is 1. The molecule has 0 amide bonds. The van der Waals surface area contributed by atoms with Crippen LogP contribution in [0.15, 0.2) is 73.3 Å². The molecule has 0 bridgehead atoms. The lowest BCUT2D eigenvalue weighted by molar-refractivity contribution is 0.481. The Balaban J connectivity index is 1.28. The summed E-state index contributed by atoms with van der Waals surface area (Å²) in [6.07, 6.45) is 5.64. The van der Waals surface area contributed by atoms with E-state index in [1.54, 1.807) is 24.7 Å². The van der Waals surface area contributed by atoms with Crippen molar-refractivity contribution in [2.75, 3.05) is 0 Å². The molecule has 35 heavy (non-hydrogen) atoms. The van der Waals surface area contributed by atoms with E-state index in [0.29, 0.717) is 51.7 Å². The van der Waals surface area contributed by atoms with Gasteiger partial charge in [-0.05, 0) is 48.5 Å². The van der Waals surface area contributed by atoms with E-state index < -0.39 is 5.82 Å². The van der Waals surface area contributed by atoms with Gasteiger partial charge in [-0.2, -0.15) is 0 Å². The molecule has 5 N–H and O–H groups in total. The van der Waals surface area contributed by atoms with Gasteiger partial charge in [-0.25, -0.2) is 19.3 Å². The maximum Gasteiger partial charge on any atom is 0.158 e. The molecular weight excluding hydrogens is 447 g/mol. The van der Waals surface area contributed by atoms with Crippen LogP contribution in [-0.2, 0) is 6.42 Å². The topological polar surface area (TPSA) is 134 Å². The third-order valence-electron chi connectivity index (χ3n) is 5.61. The van der Waals surface area contributed by atoms with Crippen LogP contribution in [0.25, 0.3) is 27.8 Å². The van der Waals surface area contributed by atoms with Crippen LogP contribution in [0.3, 0.4) is 0 Å². The number of hydrogen-bond acceptors (Lipinski definition) is 5. The molecule has 0 saturated heterocycles. The second-order valence-corrected chi connectivity index (χ2v) is 8.06. The number of fused-ring (bicyclic) bond motifs is 2. The summed E-state index contributed by atoms with van der Waals surface area (Å²) < 4.78 is 22.2. The number of rotatable bonds is 6. The number of benzene rings is 3. The lowest BCUT2D eigenvalue weighted by Crippen LogP contribution is -2.10. The first-order chi connectivity index (χ1) is 17.0. The molecule has 0 unspecified atom stereocenters. The zero-order valence-electron chi connectivity index (χ0n) is 18.3. The molecule has 10 heteroatoms. The molecule has 6 rings (SSSR count). The quantitative estimate of drug-likeness (QED) is 0.213. The summed E-state index contributed by atoms with van der Waals surface area (Å²) >= 11 is 0. The Hall–Kier alpha value is -4.99. The first-order valence-corrected chi connectivity index (χ1v) is 10.8. The summed E-state index contributed by atoms with van der Waals surface area (Å²) in [5.41, 5.74) is 9.70. The fraction of sp³-hybridized carbons (Fsp3) is 0.0400. The first-order valence-electron chi connectivity index (χ1n) is 10.8. The summed E-state index contributed by atoms with van der Waals surface area (Å²) in [4.78, 5) is 19.7. The molecule has 3 aromatic carbocycles. The van der Waals surface area contributed by atoms with Crippen LogP contribution in [0.5, 0.6) is 11.5 Å². The van der Waals surface area contributed by atoms with E-state index in [4.69, 9.17) is 15.9 Å². The van der Waals surface area contributed by atoms with Gasteiger partial charge in [-0.1, -0.05) is 0 Å². The molecule has 0 aliphatic heterocycles. The molecular formula is C25H19FN8O. The Bertz CT molecular complexity index is 1680. The van der Waals surface area contributed by atoms with E-state index in [0.717, 1.165) is 11.2 Å². The molecule has 172 valence electrons. The highest BCUT2D eigenvalue weighted by atomic mass is 19.1. The SMILES string of the molecule is N=C(N)c1ccc2[nH]c(Cc3nc4c(Oc5ccc(-n6ccnc6)cc5)cc(F)cc4[nH]3)nc2c1. The number of nitrogens with zero attached hydrogens (tertiary/aromatic N) is 4. The van der Waals surface area contributed by atoms with Crippen molar-refractivity contribution in [3.63, 3.8) is 0 Å². The van der Waals surface area contributed by atoms with Crippen molar-refractivity contribution < 1.29 is 9.13 Å². The van der Waals surface area contributed by atoms with Gasteiger partial charge >= 0.3 is 0 Å². The van der Waals surface area contributed by atoms with Gasteiger partial charge in [0, 0.05) is 29.7 Å². The van der Waals surface area contributed by atoms with Gasteiger partial charge < -0.3 is 25.0 Å². The number of aromatic amines is 2. The van der Waals surface area contributed by atoms with E-state index in [9.17, 15) is 4.39 Å². The zero-order valence-corrected chi connectivity index (χ0v) is 18.3. The van der Waals surface area contributed by atoms with Gasteiger partial charge in [-0.15, -0.1) is 0 Å². The number of hydrogen-bond donors (Lipinski definition) is 4. The number of aromatic nitrogens is 6. The number of nitrogen functional groups attached to an aromatic ring is 1. The Morgan fingerprint density at radius 1 is 1.00 bits per heavy atom. The number of amidine groups is 1. The Morgan fingerprint density at radius 2 is 1.80 bits per heavy atom. The molecule has 3 aromatic heterocycles. The molecule has 0 aliphatic rings. The van der Waals surface area contributed by atoms with Gasteiger partial charge in [0.2, 0.25) is 0 Å². The summed E-state index contributed by atoms with van der Waals surface area (Å²) in [6.45, 7) is 0. The zero-order chi connectivity index (χ0) is 23.9. The predicted octanol–water partition coefficient (Wildman–Crippen LogP) is 4.43. The van der Waals surface area contributed by atoms with Crippen LogP contribution in [0.1, 0.15) is 17.2 Å². The number of imidazole rings is 3. The highest BCUT2D eigenvalue weighted by Gasteiger charge is 2.14. The van der Waals surface area contributed by atoms with Crippen molar-refractivity contribution >= 4 is 27.9 Å². The number of nitrogens with one attached hydrogen (secondary N) is 3. The van der Waals surface area contributed by atoms with Gasteiger partial charge in [0.05, 0.1) is 29.3 Å². The highest BCUT2D eigenvalue weighted by Crippen LogP contribution is 2.31. The van der Waals surface area contributed by atoms with E-state index >= 15 is 0 Å². The average molecular weight is 466 g/mol. The minimum absolute atomic E-state index is 0.0142. The summed E-state index contributed by atoms with van der Waals surface area (Å²) in [5, 5.41) is 7.60. The van der Waals surface area contributed by atoms with Crippen LogP contribution in [0, 0.1) is 11.2 Å². The van der Waals surface area contributed by atoms with Crippen molar-refractivity contribution in [3.8, 4) is 17.2 Å². The standard InChI is InChI=1S/C25H19FN8O/c26-15-10-20-24(21(11-15)35-17-4-2-16(3-5-17)34-8-7-29-13-34)33-23(32-20)12-22-30-18-6-1-14(25(27)28)9-19(18)31-22/h1-11,13H,12H2,(H3,27,28)(H,30,31)(H,32,33). The van der Waals surface area contributed by atoms with Crippen LogP contribution >= 0.6 is 0 Å². The number of H-pyrrole nitrogens is 2. The lowest BCUT2D eigenvalue weighted by atomic mass is 10.2. The normalized spacial score (nSPS) is 11.3. The van der Waals surface area contributed by atoms with Crippen LogP contribution in [-0.4, -0.2) is 35.3 Å². The number of halogens is 1. The van der Waals surface area contributed by atoms with Crippen LogP contribution in [0.4, 0.5) is 4.39 Å². The third-order valence-corrected chi connectivity index (χ3v) is 5.61. The van der Waals surface area contributed by atoms with E-state index in [1.165, 1.54) is 12.1 Å². The Morgan fingerprint density at radius 3 is 2.57 bits per heavy atom. The molecule has 0 saturated carbocycles. The minimum Gasteiger partial charge on any atom is -0.455 e. The van der Waals surface area contributed by atoms with Crippen LogP contribution < -0.4 is 10.5 Å². The Labute approximate surface area is 197 Å². The van der Waals surface area contributed by atoms with E-state index in [1.807, 2.05) is 41.1 Å². The smallest absolute Gasteiger partial charge is 0.158 e. The maximum atomic E-state index is 14.3. The predicted molar refractivity (Wildman–Crippen MR) is 130 cm³/mol. The van der Waals surface area contributed by atoms with Crippen molar-refractivity contribution in [2.24, 2.45) is 5.73 Å². The van der Waals surface area contributed by atoms with Gasteiger partial charge in [-0.3, -0.25) is 5.41 Å². The summed E-state index contributed by atoms with van der Waals surface area (Å²) in [6, 6.07) is 15.5. The van der Waals surface area contributed by atoms with Crippen molar-refractivity contribution in [1.82, 2.24) is 29.5 Å². The molecule has 6 aromatic rings. The van der Waals surface area contributed by atoms with Crippen LogP contribution in [0.2, 0.25) is 0 Å². The van der Waals surface area contributed by atoms with E-state index in [-0.39, 0.29) is 5.84 Å².